The van der Waals surface area contributed by atoms with Crippen LogP contribution in [0.15, 0.2) is 35.9 Å². The number of benzene rings is 1. The molecule has 0 amide bonds. The molecular weight excluding hydrogens is 321 g/mol. The van der Waals surface area contributed by atoms with Gasteiger partial charge < -0.3 is 5.32 Å². The van der Waals surface area contributed by atoms with E-state index in [-0.39, 0.29) is 0 Å². The van der Waals surface area contributed by atoms with Gasteiger partial charge in [-0.05, 0) is 72.4 Å². The normalized spacial score (nSPS) is 24.3. The summed E-state index contributed by atoms with van der Waals surface area (Å²) in [5.41, 5.74) is 2.80. The maximum absolute atomic E-state index is 3.56. The molecule has 2 unspecified atom stereocenters. The lowest BCUT2D eigenvalue weighted by molar-refractivity contribution is 0.421. The lowest BCUT2D eigenvalue weighted by Crippen LogP contribution is -2.20. The number of anilines is 1. The molecule has 2 rings (SSSR count). The zero-order chi connectivity index (χ0) is 12.3. The highest BCUT2D eigenvalue weighted by Gasteiger charge is 2.17. The second-order valence-electron chi connectivity index (χ2n) is 5.19. The number of hydrogen-bond acceptors (Lipinski definition) is 1. The topological polar surface area (TPSA) is 12.0 Å². The summed E-state index contributed by atoms with van der Waals surface area (Å²) >= 11 is 2.36. The van der Waals surface area contributed by atoms with Crippen molar-refractivity contribution >= 4 is 28.3 Å². The Morgan fingerprint density at radius 2 is 2.24 bits per heavy atom. The van der Waals surface area contributed by atoms with E-state index >= 15 is 0 Å². The third-order valence-electron chi connectivity index (χ3n) is 3.30. The van der Waals surface area contributed by atoms with Crippen molar-refractivity contribution in [1.82, 2.24) is 0 Å². The van der Waals surface area contributed by atoms with Crippen molar-refractivity contribution in [2.75, 3.05) is 11.9 Å². The quantitative estimate of drug-likeness (QED) is 0.621. The Hall–Kier alpha value is -0.510. The van der Waals surface area contributed by atoms with E-state index in [4.69, 9.17) is 0 Å². The van der Waals surface area contributed by atoms with Gasteiger partial charge in [0.15, 0.2) is 0 Å². The molecule has 0 saturated heterocycles. The van der Waals surface area contributed by atoms with Crippen molar-refractivity contribution in [3.63, 3.8) is 0 Å². The minimum absolute atomic E-state index is 0.742. The van der Waals surface area contributed by atoms with Crippen molar-refractivity contribution < 1.29 is 0 Å². The summed E-state index contributed by atoms with van der Waals surface area (Å²) in [5.74, 6) is 1.53. The highest BCUT2D eigenvalue weighted by atomic mass is 127. The van der Waals surface area contributed by atoms with Crippen LogP contribution in [0.1, 0.15) is 26.7 Å². The predicted molar refractivity (Wildman–Crippen MR) is 83.3 cm³/mol. The Balaban J connectivity index is 1.89. The fraction of sp³-hybridized carbons (Fsp3) is 0.467. The van der Waals surface area contributed by atoms with Crippen molar-refractivity contribution in [2.45, 2.75) is 26.7 Å². The van der Waals surface area contributed by atoms with Gasteiger partial charge in [-0.3, -0.25) is 0 Å². The molecule has 0 heterocycles. The highest BCUT2D eigenvalue weighted by molar-refractivity contribution is 14.1. The summed E-state index contributed by atoms with van der Waals surface area (Å²) in [6.45, 7) is 5.67. The van der Waals surface area contributed by atoms with E-state index in [1.807, 2.05) is 0 Å². The van der Waals surface area contributed by atoms with Gasteiger partial charge in [0.25, 0.3) is 0 Å². The first kappa shape index (κ1) is 12.9. The maximum Gasteiger partial charge on any atom is 0.0350 e. The average molecular weight is 341 g/mol. The third-order valence-corrected chi connectivity index (χ3v) is 3.98. The molecule has 1 aliphatic rings. The van der Waals surface area contributed by atoms with Crippen molar-refractivity contribution in [3.05, 3.63) is 39.5 Å². The Kier molecular flexibility index (Phi) is 4.48. The van der Waals surface area contributed by atoms with Crippen LogP contribution >= 0.6 is 22.6 Å². The fourth-order valence-corrected chi connectivity index (χ4v) is 3.25. The zero-order valence-electron chi connectivity index (χ0n) is 10.5. The standard InChI is InChI=1S/C15H20IN/c1-11-6-12(2)8-13(7-11)10-17-15-5-3-4-14(16)9-15/h3-6,9,11,13,17H,7-8,10H2,1-2H3. The molecule has 0 radical (unpaired) electrons. The molecule has 92 valence electrons. The van der Waals surface area contributed by atoms with Crippen molar-refractivity contribution in [2.24, 2.45) is 11.8 Å². The molecule has 1 N–H and O–H groups in total. The van der Waals surface area contributed by atoms with E-state index in [9.17, 15) is 0 Å². The molecule has 0 aliphatic heterocycles. The third kappa shape index (κ3) is 4.02. The molecule has 17 heavy (non-hydrogen) atoms. The molecule has 0 bridgehead atoms. The zero-order valence-corrected chi connectivity index (χ0v) is 12.7. The smallest absolute Gasteiger partial charge is 0.0350 e. The van der Waals surface area contributed by atoms with E-state index < -0.39 is 0 Å². The van der Waals surface area contributed by atoms with Gasteiger partial charge in [-0.2, -0.15) is 0 Å². The fourth-order valence-electron chi connectivity index (χ4n) is 2.70. The summed E-state index contributed by atoms with van der Waals surface area (Å²) in [6, 6.07) is 8.59. The first-order chi connectivity index (χ1) is 8.13. The van der Waals surface area contributed by atoms with Crippen molar-refractivity contribution in [1.29, 1.82) is 0 Å². The van der Waals surface area contributed by atoms with Crippen LogP contribution in [0.2, 0.25) is 0 Å². The molecule has 0 spiro atoms. The molecule has 0 saturated carbocycles. The van der Waals surface area contributed by atoms with Gasteiger partial charge in [0.05, 0.1) is 0 Å². The predicted octanol–water partition coefficient (Wildman–Crippen LogP) is 4.70. The number of rotatable bonds is 3. The monoisotopic (exact) mass is 341 g/mol. The lowest BCUT2D eigenvalue weighted by atomic mass is 9.84. The second-order valence-corrected chi connectivity index (χ2v) is 6.43. The average Bonchev–Trinajstić information content (AvgIpc) is 2.25. The van der Waals surface area contributed by atoms with Gasteiger partial charge in [0.2, 0.25) is 0 Å². The molecule has 0 aromatic heterocycles. The molecule has 1 aliphatic carbocycles. The molecule has 1 aromatic carbocycles. The molecule has 1 aromatic rings. The van der Waals surface area contributed by atoms with Gasteiger partial charge in [-0.1, -0.05) is 24.6 Å². The van der Waals surface area contributed by atoms with E-state index in [1.165, 1.54) is 22.1 Å². The summed E-state index contributed by atoms with van der Waals surface area (Å²) < 4.78 is 1.29. The van der Waals surface area contributed by atoms with Gasteiger partial charge in [0, 0.05) is 15.8 Å². The Bertz CT molecular complexity index is 411. The van der Waals surface area contributed by atoms with Crippen LogP contribution < -0.4 is 5.32 Å². The van der Waals surface area contributed by atoms with E-state index in [1.54, 1.807) is 5.57 Å². The minimum atomic E-state index is 0.742. The molecule has 1 nitrogen and oxygen atoms in total. The van der Waals surface area contributed by atoms with Crippen LogP contribution in [-0.2, 0) is 0 Å². The summed E-state index contributed by atoms with van der Waals surface area (Å²) in [6.07, 6.45) is 4.98. The van der Waals surface area contributed by atoms with Crippen LogP contribution in [0.4, 0.5) is 5.69 Å². The van der Waals surface area contributed by atoms with Gasteiger partial charge >= 0.3 is 0 Å². The summed E-state index contributed by atoms with van der Waals surface area (Å²) in [5, 5.41) is 3.56. The van der Waals surface area contributed by atoms with Crippen LogP contribution in [0.25, 0.3) is 0 Å². The number of nitrogens with one attached hydrogen (secondary N) is 1. The summed E-state index contributed by atoms with van der Waals surface area (Å²) in [7, 11) is 0. The maximum atomic E-state index is 3.56. The number of hydrogen-bond donors (Lipinski definition) is 1. The molecule has 0 fully saturated rings. The van der Waals surface area contributed by atoms with Gasteiger partial charge in [-0.15, -0.1) is 0 Å². The van der Waals surface area contributed by atoms with Crippen LogP contribution in [-0.4, -0.2) is 6.54 Å². The first-order valence-electron chi connectivity index (χ1n) is 6.30. The van der Waals surface area contributed by atoms with E-state index in [0.29, 0.717) is 0 Å². The number of allylic oxidation sites excluding steroid dienone is 2. The Morgan fingerprint density at radius 1 is 1.41 bits per heavy atom. The Labute approximate surface area is 118 Å². The van der Waals surface area contributed by atoms with Crippen LogP contribution in [0.5, 0.6) is 0 Å². The largest absolute Gasteiger partial charge is 0.385 e. The van der Waals surface area contributed by atoms with E-state index in [2.05, 4.69) is 72.1 Å². The second kappa shape index (κ2) is 5.89. The van der Waals surface area contributed by atoms with Crippen LogP contribution in [0.3, 0.4) is 0 Å². The molecular formula is C15H20IN. The van der Waals surface area contributed by atoms with Gasteiger partial charge in [-0.25, -0.2) is 0 Å². The Morgan fingerprint density at radius 3 is 2.94 bits per heavy atom. The number of halogens is 1. The van der Waals surface area contributed by atoms with E-state index in [0.717, 1.165) is 18.4 Å². The molecule has 2 atom stereocenters. The summed E-state index contributed by atoms with van der Waals surface area (Å²) in [4.78, 5) is 0. The highest BCUT2D eigenvalue weighted by Crippen LogP contribution is 2.28. The van der Waals surface area contributed by atoms with Gasteiger partial charge in [0.1, 0.15) is 0 Å². The minimum Gasteiger partial charge on any atom is -0.385 e. The van der Waals surface area contributed by atoms with Crippen LogP contribution in [0, 0.1) is 15.4 Å². The lowest BCUT2D eigenvalue weighted by Gasteiger charge is -2.26. The van der Waals surface area contributed by atoms with Crippen molar-refractivity contribution in [3.8, 4) is 0 Å². The SMILES string of the molecule is CC1=CC(C)CC(CNc2cccc(I)c2)C1. The molecule has 2 heteroatoms. The first-order valence-corrected chi connectivity index (χ1v) is 7.38.